The third kappa shape index (κ3) is 8.23. The van der Waals surface area contributed by atoms with Crippen LogP contribution in [0.2, 0.25) is 0 Å². The fourth-order valence-corrected chi connectivity index (χ4v) is 4.08. The fourth-order valence-electron chi connectivity index (χ4n) is 3.39. The van der Waals surface area contributed by atoms with E-state index in [0.29, 0.717) is 25.4 Å². The molecule has 2 aromatic heterocycles. The zero-order valence-electron chi connectivity index (χ0n) is 22.4. The Morgan fingerprint density at radius 3 is 2.05 bits per heavy atom. The monoisotopic (exact) mass is 638 g/mol. The molecule has 0 fully saturated rings. The van der Waals surface area contributed by atoms with Gasteiger partial charge in [-0.25, -0.2) is 9.48 Å². The van der Waals surface area contributed by atoms with Crippen LogP contribution >= 0.6 is 10.2 Å². The number of alkyl halides is 3. The Hall–Kier alpha value is -4.10. The van der Waals surface area contributed by atoms with Gasteiger partial charge >= 0.3 is 22.4 Å². The number of aromatic nitrogens is 4. The molecule has 1 aromatic carbocycles. The maximum Gasteiger partial charge on any atom is 0.490 e. The van der Waals surface area contributed by atoms with Crippen molar-refractivity contribution in [3.05, 3.63) is 35.4 Å². The van der Waals surface area contributed by atoms with Crippen molar-refractivity contribution < 1.29 is 56.8 Å². The molecular formula is C22H26F8N6O5S. The summed E-state index contributed by atoms with van der Waals surface area (Å²) in [6.45, 7) is 6.49. The molecule has 2 N–H and O–H groups in total. The van der Waals surface area contributed by atoms with Gasteiger partial charge in [-0.05, 0) is 32.9 Å². The zero-order valence-corrected chi connectivity index (χ0v) is 23.2. The number of Topliss-reactive ketones (excluding diaryl/α,β-unsaturated/α-hetero) is 1. The Labute approximate surface area is 232 Å². The van der Waals surface area contributed by atoms with Crippen molar-refractivity contribution in [3.8, 4) is 11.6 Å². The van der Waals surface area contributed by atoms with Crippen LogP contribution in [-0.2, 0) is 11.3 Å². The van der Waals surface area contributed by atoms with Crippen molar-refractivity contribution in [1.29, 1.82) is 5.41 Å². The molecule has 0 atom stereocenters. The second-order valence-corrected chi connectivity index (χ2v) is 10.7. The van der Waals surface area contributed by atoms with Gasteiger partial charge in [0.2, 0.25) is 5.62 Å². The summed E-state index contributed by atoms with van der Waals surface area (Å²) in [7, 11) is -9.08. The van der Waals surface area contributed by atoms with Gasteiger partial charge in [0, 0.05) is 30.8 Å². The number of ketones is 1. The third-order valence-electron chi connectivity index (χ3n) is 5.37. The van der Waals surface area contributed by atoms with E-state index in [2.05, 4.69) is 14.9 Å². The van der Waals surface area contributed by atoms with Crippen LogP contribution in [0.25, 0.3) is 5.65 Å². The van der Waals surface area contributed by atoms with Crippen LogP contribution in [0.1, 0.15) is 31.1 Å². The quantitative estimate of drug-likeness (QED) is 0.222. The Kier molecular flexibility index (Phi) is 9.17. The lowest BCUT2D eigenvalue weighted by Crippen LogP contribution is -2.27. The molecule has 0 aliphatic rings. The Morgan fingerprint density at radius 2 is 1.60 bits per heavy atom. The van der Waals surface area contributed by atoms with Gasteiger partial charge in [-0.1, -0.05) is 19.4 Å². The summed E-state index contributed by atoms with van der Waals surface area (Å²) in [5, 5.41) is 23.9. The summed E-state index contributed by atoms with van der Waals surface area (Å²) in [6.07, 6.45) is -5.08. The number of hydrogen-bond donors (Lipinski definition) is 2. The first-order chi connectivity index (χ1) is 19.1. The molecule has 236 valence electrons. The van der Waals surface area contributed by atoms with Gasteiger partial charge in [-0.15, -0.1) is 10.2 Å². The maximum absolute atomic E-state index is 13.4. The molecule has 11 nitrogen and oxygen atoms in total. The average Bonchev–Trinajstić information content (AvgIpc) is 3.17. The number of rotatable bonds is 10. The highest BCUT2D eigenvalue weighted by molar-refractivity contribution is 8.45. The van der Waals surface area contributed by atoms with E-state index < -0.39 is 50.9 Å². The first-order valence-corrected chi connectivity index (χ1v) is 13.7. The number of carbonyl (C=O) groups is 2. The normalized spacial score (nSPS) is 13.4. The van der Waals surface area contributed by atoms with Crippen molar-refractivity contribution in [2.45, 2.75) is 38.4 Å². The number of ether oxygens (including phenoxy) is 2. The molecule has 0 amide bonds. The number of hydrogen-bond acceptors (Lipinski definition) is 8. The van der Waals surface area contributed by atoms with E-state index in [9.17, 15) is 37.4 Å². The van der Waals surface area contributed by atoms with Crippen LogP contribution in [-0.4, -0.2) is 69.2 Å². The Balaban J connectivity index is 0.000000782. The molecule has 0 unspecified atom stereocenters. The van der Waals surface area contributed by atoms with Crippen molar-refractivity contribution in [2.24, 2.45) is 0 Å². The van der Waals surface area contributed by atoms with Gasteiger partial charge in [0.15, 0.2) is 11.4 Å². The van der Waals surface area contributed by atoms with Crippen LogP contribution in [0, 0.1) is 5.41 Å². The van der Waals surface area contributed by atoms with Gasteiger partial charge in [-0.2, -0.15) is 17.7 Å². The summed E-state index contributed by atoms with van der Waals surface area (Å²) in [5.41, 5.74) is -0.229. The number of fused-ring (bicyclic) bond motifs is 1. The third-order valence-corrected chi connectivity index (χ3v) is 6.49. The van der Waals surface area contributed by atoms with Crippen molar-refractivity contribution in [2.75, 3.05) is 31.7 Å². The summed E-state index contributed by atoms with van der Waals surface area (Å²) in [6, 6.07) is 2.75. The van der Waals surface area contributed by atoms with Gasteiger partial charge in [0.05, 0.1) is 13.7 Å². The van der Waals surface area contributed by atoms with E-state index in [-0.39, 0.29) is 29.3 Å². The fraction of sp³-hybridized carbons (Fsp3) is 0.409. The van der Waals surface area contributed by atoms with Gasteiger partial charge in [0.25, 0.3) is 5.88 Å². The standard InChI is InChI=1S/C20H25F5N6O3S.C2HF3O2/c1-5-29(6-2)16-11-18-27-30(20(26)31(18)28-19(16)34-7-3)12-17(32)13-8-14(33-4)10-15(9-13)35(21,22,23,24)25;3-2(4,5)1(6)7/h8-11,26H,5-7,12H2,1-4H3;(H,6,7). The molecule has 0 aliphatic carbocycles. The van der Waals surface area contributed by atoms with Crippen LogP contribution in [0.15, 0.2) is 29.2 Å². The molecule has 0 radical (unpaired) electrons. The molecule has 0 aliphatic heterocycles. The van der Waals surface area contributed by atoms with E-state index in [1.807, 2.05) is 18.7 Å². The van der Waals surface area contributed by atoms with Crippen molar-refractivity contribution >= 4 is 33.3 Å². The first kappa shape index (κ1) is 34.1. The minimum absolute atomic E-state index is 0.0797. The lowest BCUT2D eigenvalue weighted by Gasteiger charge is -2.40. The number of carbonyl (C=O) groups excluding carboxylic acids is 1. The van der Waals surface area contributed by atoms with E-state index in [4.69, 9.17) is 20.0 Å². The smallest absolute Gasteiger partial charge is 0.490 e. The van der Waals surface area contributed by atoms with E-state index >= 15 is 0 Å². The van der Waals surface area contributed by atoms with Crippen LogP contribution < -0.4 is 20.0 Å². The number of halogens is 8. The van der Waals surface area contributed by atoms with Crippen LogP contribution in [0.3, 0.4) is 0 Å². The number of nitrogens with zero attached hydrogens (tertiary/aromatic N) is 5. The molecule has 3 aromatic rings. The van der Waals surface area contributed by atoms with E-state index in [1.54, 1.807) is 13.0 Å². The molecule has 0 saturated carbocycles. The van der Waals surface area contributed by atoms with Crippen LogP contribution in [0.5, 0.6) is 11.6 Å². The minimum Gasteiger partial charge on any atom is -0.497 e. The number of nitrogens with one attached hydrogen (secondary N) is 1. The SMILES string of the molecule is CCOc1nn2c(=N)n(CC(=O)c3cc(OC)cc(S(F)(F)(F)(F)F)c3)nc2cc1N(CC)CC.O=C(O)C(F)(F)F. The molecular weight excluding hydrogens is 612 g/mol. The molecule has 20 heteroatoms. The summed E-state index contributed by atoms with van der Waals surface area (Å²) < 4.78 is 111. The number of anilines is 1. The van der Waals surface area contributed by atoms with Crippen molar-refractivity contribution in [3.63, 3.8) is 0 Å². The largest absolute Gasteiger partial charge is 0.497 e. The van der Waals surface area contributed by atoms with E-state index in [0.717, 1.165) is 22.4 Å². The van der Waals surface area contributed by atoms with Gasteiger partial charge in [-0.3, -0.25) is 10.2 Å². The zero-order chi connectivity index (χ0) is 32.3. The lowest BCUT2D eigenvalue weighted by molar-refractivity contribution is -0.192. The highest BCUT2D eigenvalue weighted by Gasteiger charge is 2.65. The number of aliphatic carboxylic acids is 1. The highest BCUT2D eigenvalue weighted by Crippen LogP contribution is 3.02. The maximum atomic E-state index is 13.4. The van der Waals surface area contributed by atoms with Crippen molar-refractivity contribution in [1.82, 2.24) is 19.4 Å². The topological polar surface area (TPSA) is 135 Å². The van der Waals surface area contributed by atoms with Crippen LogP contribution in [0.4, 0.5) is 38.3 Å². The predicted molar refractivity (Wildman–Crippen MR) is 134 cm³/mol. The average molecular weight is 639 g/mol. The highest BCUT2D eigenvalue weighted by atomic mass is 32.5. The summed E-state index contributed by atoms with van der Waals surface area (Å²) >= 11 is 0. The Bertz CT molecular complexity index is 1540. The number of methoxy groups -OCH3 is 1. The van der Waals surface area contributed by atoms with Gasteiger partial charge in [0.1, 0.15) is 22.9 Å². The number of carboxylic acid groups (broad SMARTS) is 1. The molecule has 3 rings (SSSR count). The lowest BCUT2D eigenvalue weighted by atomic mass is 10.1. The van der Waals surface area contributed by atoms with Gasteiger partial charge < -0.3 is 19.5 Å². The number of benzene rings is 1. The Morgan fingerprint density at radius 1 is 1.02 bits per heavy atom. The molecule has 0 saturated heterocycles. The second kappa shape index (κ2) is 11.3. The minimum atomic E-state index is -10.1. The second-order valence-electron chi connectivity index (χ2n) is 8.28. The molecule has 0 bridgehead atoms. The first-order valence-electron chi connectivity index (χ1n) is 11.8. The summed E-state index contributed by atoms with van der Waals surface area (Å²) in [4.78, 5) is 21.4. The molecule has 42 heavy (non-hydrogen) atoms. The number of carboxylic acids is 1. The molecule has 0 spiro atoms. The predicted octanol–water partition coefficient (Wildman–Crippen LogP) is 5.44. The molecule has 2 heterocycles. The van der Waals surface area contributed by atoms with E-state index in [1.165, 1.54) is 0 Å². The summed E-state index contributed by atoms with van der Waals surface area (Å²) in [5.74, 6) is -4.06.